The zero-order valence-electron chi connectivity index (χ0n) is 17.7. The molecule has 0 radical (unpaired) electrons. The van der Waals surface area contributed by atoms with E-state index in [1.807, 2.05) is 6.07 Å². The summed E-state index contributed by atoms with van der Waals surface area (Å²) in [4.78, 5) is 35.4. The number of amides is 2. The number of nitrogens with zero attached hydrogens (tertiary/aromatic N) is 3. The highest BCUT2D eigenvalue weighted by Crippen LogP contribution is 2.32. The summed E-state index contributed by atoms with van der Waals surface area (Å²) in [5.74, 6) is -0.950. The third-order valence-corrected chi connectivity index (χ3v) is 5.21. The second-order valence-electron chi connectivity index (χ2n) is 7.12. The Hall–Kier alpha value is -3.64. The van der Waals surface area contributed by atoms with Gasteiger partial charge in [-0.05, 0) is 43.7 Å². The van der Waals surface area contributed by atoms with Crippen LogP contribution in [0.5, 0.6) is 0 Å². The number of carbonyl (C=O) groups excluding carboxylic acids is 2. The van der Waals surface area contributed by atoms with Crippen molar-refractivity contribution in [2.24, 2.45) is 0 Å². The molecule has 5 nitrogen and oxygen atoms in total. The van der Waals surface area contributed by atoms with E-state index in [2.05, 4.69) is 23.1 Å². The van der Waals surface area contributed by atoms with E-state index in [1.54, 1.807) is 38.1 Å². The second-order valence-corrected chi connectivity index (χ2v) is 7.58. The van der Waals surface area contributed by atoms with Crippen molar-refractivity contribution in [1.29, 1.82) is 0 Å². The number of carbonyl (C=O) groups is 2. The van der Waals surface area contributed by atoms with Crippen LogP contribution in [0.2, 0.25) is 0 Å². The molecule has 32 heavy (non-hydrogen) atoms. The van der Waals surface area contributed by atoms with Gasteiger partial charge in [-0.3, -0.25) is 14.5 Å². The molecule has 0 saturated carbocycles. The molecular formula is C25H21ClFN3O2. The fourth-order valence-corrected chi connectivity index (χ4v) is 3.48. The Balaban J connectivity index is 2.21. The number of imide groups is 1. The molecule has 3 aromatic rings. The minimum Gasteiger partial charge on any atom is -0.278 e. The van der Waals surface area contributed by atoms with Crippen LogP contribution in [-0.2, 0) is 4.79 Å². The van der Waals surface area contributed by atoms with Crippen LogP contribution < -0.4 is 0 Å². The Kier molecular flexibility index (Phi) is 6.95. The Morgan fingerprint density at radius 1 is 1.19 bits per heavy atom. The maximum absolute atomic E-state index is 14.0. The molecule has 0 saturated heterocycles. The van der Waals surface area contributed by atoms with Gasteiger partial charge in [0.1, 0.15) is 11.5 Å². The fraction of sp³-hybridized carbons (Fsp3) is 0.120. The lowest BCUT2D eigenvalue weighted by Crippen LogP contribution is -2.34. The molecule has 2 amide bonds. The molecule has 2 aromatic carbocycles. The van der Waals surface area contributed by atoms with E-state index in [9.17, 15) is 14.0 Å². The monoisotopic (exact) mass is 449 g/mol. The molecule has 1 aromatic heterocycles. The van der Waals surface area contributed by atoms with Gasteiger partial charge in [0, 0.05) is 11.1 Å². The highest BCUT2D eigenvalue weighted by Gasteiger charge is 2.28. The number of benzene rings is 2. The first-order valence-corrected chi connectivity index (χ1v) is 10.1. The van der Waals surface area contributed by atoms with Crippen LogP contribution >= 0.6 is 11.6 Å². The van der Waals surface area contributed by atoms with Crippen LogP contribution in [0.1, 0.15) is 46.0 Å². The zero-order chi connectivity index (χ0) is 23.4. The van der Waals surface area contributed by atoms with E-state index in [0.717, 1.165) is 10.5 Å². The van der Waals surface area contributed by atoms with Crippen molar-refractivity contribution >= 4 is 35.0 Å². The van der Waals surface area contributed by atoms with Gasteiger partial charge in [-0.1, -0.05) is 55.1 Å². The summed E-state index contributed by atoms with van der Waals surface area (Å²) in [6.07, 6.45) is 1.91. The first kappa shape index (κ1) is 23.0. The van der Waals surface area contributed by atoms with Crippen LogP contribution in [0.4, 0.5) is 4.39 Å². The van der Waals surface area contributed by atoms with Gasteiger partial charge in [0.05, 0.1) is 28.2 Å². The van der Waals surface area contributed by atoms with E-state index in [0.29, 0.717) is 28.9 Å². The average molecular weight is 450 g/mol. The number of halogens is 2. The summed E-state index contributed by atoms with van der Waals surface area (Å²) in [6.45, 7) is 10.9. The van der Waals surface area contributed by atoms with E-state index in [-0.39, 0.29) is 16.4 Å². The minimum atomic E-state index is -0.818. The normalized spacial score (nSPS) is 11.5. The van der Waals surface area contributed by atoms with Gasteiger partial charge >= 0.3 is 0 Å². The van der Waals surface area contributed by atoms with E-state index in [1.165, 1.54) is 24.3 Å². The molecule has 0 bridgehead atoms. The van der Waals surface area contributed by atoms with Crippen LogP contribution in [0.15, 0.2) is 61.7 Å². The Labute approximate surface area is 190 Å². The van der Waals surface area contributed by atoms with Crippen LogP contribution in [0.25, 0.3) is 22.4 Å². The number of rotatable bonds is 7. The summed E-state index contributed by atoms with van der Waals surface area (Å²) >= 11 is 6.11. The lowest BCUT2D eigenvalue weighted by molar-refractivity contribution is -0.117. The van der Waals surface area contributed by atoms with Crippen LogP contribution in [0, 0.1) is 12.7 Å². The van der Waals surface area contributed by atoms with E-state index in [4.69, 9.17) is 11.6 Å². The average Bonchev–Trinajstić information content (AvgIpc) is 2.78. The van der Waals surface area contributed by atoms with Gasteiger partial charge in [0.2, 0.25) is 6.41 Å². The van der Waals surface area contributed by atoms with Crippen molar-refractivity contribution < 1.29 is 14.0 Å². The SMILES string of the molecule is C=Cc1nc(C(C)N(C=O)C(=O)c2ccccc2C)c(-c2cccc(F)c2)nc1C(=C)Cl. The molecule has 0 fully saturated rings. The molecule has 0 aliphatic heterocycles. The maximum atomic E-state index is 14.0. The quantitative estimate of drug-likeness (QED) is 0.427. The highest BCUT2D eigenvalue weighted by atomic mass is 35.5. The molecular weight excluding hydrogens is 429 g/mol. The first-order valence-electron chi connectivity index (χ1n) is 9.77. The lowest BCUT2D eigenvalue weighted by Gasteiger charge is -2.26. The third-order valence-electron chi connectivity index (χ3n) is 5.03. The largest absolute Gasteiger partial charge is 0.278 e. The molecule has 1 heterocycles. The number of hydrogen-bond donors (Lipinski definition) is 0. The van der Waals surface area contributed by atoms with Gasteiger partial charge in [0.15, 0.2) is 0 Å². The summed E-state index contributed by atoms with van der Waals surface area (Å²) in [7, 11) is 0. The smallest absolute Gasteiger partial charge is 0.261 e. The predicted octanol–water partition coefficient (Wildman–Crippen LogP) is 5.80. The number of aryl methyl sites for hydroxylation is 1. The zero-order valence-corrected chi connectivity index (χ0v) is 18.4. The summed E-state index contributed by atoms with van der Waals surface area (Å²) in [5, 5.41) is 0.132. The molecule has 1 atom stereocenters. The molecule has 162 valence electrons. The first-order chi connectivity index (χ1) is 15.3. The van der Waals surface area contributed by atoms with E-state index < -0.39 is 17.8 Å². The minimum absolute atomic E-state index is 0.132. The van der Waals surface area contributed by atoms with Gasteiger partial charge in [-0.2, -0.15) is 0 Å². The van der Waals surface area contributed by atoms with Crippen molar-refractivity contribution in [3.05, 3.63) is 95.7 Å². The van der Waals surface area contributed by atoms with Crippen molar-refractivity contribution in [2.45, 2.75) is 19.9 Å². The van der Waals surface area contributed by atoms with Crippen LogP contribution in [0.3, 0.4) is 0 Å². The van der Waals surface area contributed by atoms with Crippen LogP contribution in [-0.4, -0.2) is 27.2 Å². The van der Waals surface area contributed by atoms with E-state index >= 15 is 0 Å². The molecule has 7 heteroatoms. The molecule has 1 unspecified atom stereocenters. The molecule has 3 rings (SSSR count). The Morgan fingerprint density at radius 3 is 2.50 bits per heavy atom. The lowest BCUT2D eigenvalue weighted by atomic mass is 10.0. The maximum Gasteiger partial charge on any atom is 0.261 e. The Morgan fingerprint density at radius 2 is 1.91 bits per heavy atom. The Bertz CT molecular complexity index is 1230. The van der Waals surface area contributed by atoms with Crippen molar-refractivity contribution in [2.75, 3.05) is 0 Å². The van der Waals surface area contributed by atoms with Gasteiger partial charge < -0.3 is 0 Å². The van der Waals surface area contributed by atoms with Gasteiger partial charge in [-0.25, -0.2) is 14.4 Å². The van der Waals surface area contributed by atoms with Crippen molar-refractivity contribution in [3.8, 4) is 11.3 Å². The number of hydrogen-bond acceptors (Lipinski definition) is 4. The third kappa shape index (κ3) is 4.50. The summed E-state index contributed by atoms with van der Waals surface area (Å²) in [6, 6.07) is 11.9. The molecule has 0 spiro atoms. The van der Waals surface area contributed by atoms with Crippen molar-refractivity contribution in [1.82, 2.24) is 14.9 Å². The van der Waals surface area contributed by atoms with Gasteiger partial charge in [-0.15, -0.1) is 0 Å². The standard InChI is InChI=1S/C25H21ClFN3O2/c1-5-21-22(16(3)26)29-24(18-10-8-11-19(27)13-18)23(28-21)17(4)30(14-31)25(32)20-12-7-6-9-15(20)2/h5-14,17H,1,3H2,2,4H3. The number of aromatic nitrogens is 2. The van der Waals surface area contributed by atoms with Crippen molar-refractivity contribution in [3.63, 3.8) is 0 Å². The second kappa shape index (κ2) is 9.66. The van der Waals surface area contributed by atoms with Gasteiger partial charge in [0.25, 0.3) is 5.91 Å². The molecule has 0 aliphatic carbocycles. The topological polar surface area (TPSA) is 63.2 Å². The molecule has 0 N–H and O–H groups in total. The summed E-state index contributed by atoms with van der Waals surface area (Å²) in [5.41, 5.74) is 2.73. The fourth-order valence-electron chi connectivity index (χ4n) is 3.34. The summed E-state index contributed by atoms with van der Waals surface area (Å²) < 4.78 is 14.0. The predicted molar refractivity (Wildman–Crippen MR) is 124 cm³/mol. The molecule has 0 aliphatic rings. The highest BCUT2D eigenvalue weighted by molar-refractivity contribution is 6.48.